The Labute approximate surface area is 175 Å². The number of hydrogen-bond acceptors (Lipinski definition) is 4. The van der Waals surface area contributed by atoms with Crippen LogP contribution in [-0.4, -0.2) is 27.8 Å². The van der Waals surface area contributed by atoms with Crippen LogP contribution < -0.4 is 10.1 Å². The van der Waals surface area contributed by atoms with Crippen LogP contribution in [0.15, 0.2) is 66.9 Å². The lowest BCUT2D eigenvalue weighted by Gasteiger charge is -2.15. The van der Waals surface area contributed by atoms with Crippen LogP contribution in [0, 0.1) is 6.92 Å². The second-order valence-electron chi connectivity index (χ2n) is 7.23. The quantitative estimate of drug-likeness (QED) is 0.524. The number of amides is 1. The number of fused-ring (bicyclic) bond motifs is 1. The van der Waals surface area contributed by atoms with Gasteiger partial charge in [-0.15, -0.1) is 0 Å². The molecular formula is C24H24N4O2. The van der Waals surface area contributed by atoms with Gasteiger partial charge in [0, 0.05) is 11.6 Å². The molecule has 6 heteroatoms. The number of hydrogen-bond donors (Lipinski definition) is 1. The van der Waals surface area contributed by atoms with E-state index in [9.17, 15) is 4.79 Å². The fraction of sp³-hybridized carbons (Fsp3) is 0.208. The van der Waals surface area contributed by atoms with E-state index in [0.717, 1.165) is 33.5 Å². The molecular weight excluding hydrogens is 376 g/mol. The van der Waals surface area contributed by atoms with Crippen LogP contribution in [-0.2, 0) is 11.3 Å². The average Bonchev–Trinajstić information content (AvgIpc) is 3.09. The molecule has 30 heavy (non-hydrogen) atoms. The number of ether oxygens (including phenoxy) is 1. The van der Waals surface area contributed by atoms with E-state index < -0.39 is 0 Å². The minimum atomic E-state index is -0.126. The Morgan fingerprint density at radius 1 is 1.10 bits per heavy atom. The van der Waals surface area contributed by atoms with E-state index in [0.29, 0.717) is 5.65 Å². The molecule has 4 aromatic rings. The van der Waals surface area contributed by atoms with Gasteiger partial charge >= 0.3 is 0 Å². The third-order valence-electron chi connectivity index (χ3n) is 5.18. The molecule has 2 heterocycles. The van der Waals surface area contributed by atoms with Crippen molar-refractivity contribution in [3.63, 3.8) is 0 Å². The SMILES string of the molecule is COc1ccc(C(C)NC(=O)Cn2nc(C)c3c(-c4ccccc4)ccnc32)cc1. The number of carbonyl (C=O) groups excluding carboxylic acids is 1. The van der Waals surface area contributed by atoms with Crippen molar-refractivity contribution >= 4 is 16.9 Å². The predicted octanol–water partition coefficient (Wildman–Crippen LogP) is 4.29. The summed E-state index contributed by atoms with van der Waals surface area (Å²) >= 11 is 0. The topological polar surface area (TPSA) is 69.0 Å². The van der Waals surface area contributed by atoms with Crippen LogP contribution in [0.3, 0.4) is 0 Å². The lowest BCUT2D eigenvalue weighted by atomic mass is 10.0. The van der Waals surface area contributed by atoms with Gasteiger partial charge in [-0.05, 0) is 48.7 Å². The number of carbonyl (C=O) groups is 1. The maximum absolute atomic E-state index is 12.7. The van der Waals surface area contributed by atoms with Crippen LogP contribution in [0.4, 0.5) is 0 Å². The summed E-state index contributed by atoms with van der Waals surface area (Å²) < 4.78 is 6.86. The maximum atomic E-state index is 12.7. The van der Waals surface area contributed by atoms with E-state index >= 15 is 0 Å². The van der Waals surface area contributed by atoms with Gasteiger partial charge in [-0.2, -0.15) is 5.10 Å². The van der Waals surface area contributed by atoms with E-state index in [2.05, 4.69) is 27.5 Å². The first-order valence-electron chi connectivity index (χ1n) is 9.87. The molecule has 0 aliphatic carbocycles. The van der Waals surface area contributed by atoms with Crippen molar-refractivity contribution < 1.29 is 9.53 Å². The number of pyridine rings is 1. The lowest BCUT2D eigenvalue weighted by Crippen LogP contribution is -2.30. The number of benzene rings is 2. The number of aryl methyl sites for hydroxylation is 1. The lowest BCUT2D eigenvalue weighted by molar-refractivity contribution is -0.122. The number of methoxy groups -OCH3 is 1. The molecule has 0 saturated carbocycles. The Bertz CT molecular complexity index is 1170. The molecule has 1 amide bonds. The van der Waals surface area contributed by atoms with Crippen molar-refractivity contribution in [1.29, 1.82) is 0 Å². The maximum Gasteiger partial charge on any atom is 0.242 e. The summed E-state index contributed by atoms with van der Waals surface area (Å²) in [7, 11) is 1.63. The summed E-state index contributed by atoms with van der Waals surface area (Å²) in [5.74, 6) is 0.672. The molecule has 152 valence electrons. The standard InChI is InChI=1S/C24H24N4O2/c1-16(18-9-11-20(30-3)12-10-18)26-22(29)15-28-24-23(17(2)27-28)21(13-14-25-24)19-7-5-4-6-8-19/h4-14,16H,15H2,1-3H3,(H,26,29). The highest BCUT2D eigenvalue weighted by Crippen LogP contribution is 2.29. The van der Waals surface area contributed by atoms with Gasteiger partial charge in [0.2, 0.25) is 5.91 Å². The highest BCUT2D eigenvalue weighted by molar-refractivity contribution is 5.95. The fourth-order valence-corrected chi connectivity index (χ4v) is 3.65. The molecule has 1 unspecified atom stereocenters. The molecule has 2 aromatic carbocycles. The Balaban J connectivity index is 1.56. The minimum Gasteiger partial charge on any atom is -0.497 e. The first-order chi connectivity index (χ1) is 14.6. The highest BCUT2D eigenvalue weighted by Gasteiger charge is 2.17. The Morgan fingerprint density at radius 2 is 1.83 bits per heavy atom. The van der Waals surface area contributed by atoms with Crippen LogP contribution in [0.25, 0.3) is 22.2 Å². The zero-order chi connectivity index (χ0) is 21.1. The Kier molecular flexibility index (Phi) is 5.48. The van der Waals surface area contributed by atoms with Crippen molar-refractivity contribution in [2.75, 3.05) is 7.11 Å². The molecule has 0 aliphatic heterocycles. The van der Waals surface area contributed by atoms with Gasteiger partial charge in [0.15, 0.2) is 5.65 Å². The second kappa shape index (κ2) is 8.37. The summed E-state index contributed by atoms with van der Waals surface area (Å²) in [6.45, 7) is 4.01. The van der Waals surface area contributed by atoms with Crippen molar-refractivity contribution in [2.24, 2.45) is 0 Å². The summed E-state index contributed by atoms with van der Waals surface area (Å²) in [4.78, 5) is 17.2. The Morgan fingerprint density at radius 3 is 2.53 bits per heavy atom. The van der Waals surface area contributed by atoms with Gasteiger partial charge in [-0.1, -0.05) is 42.5 Å². The number of nitrogens with zero attached hydrogens (tertiary/aromatic N) is 3. The normalized spacial score (nSPS) is 12.0. The van der Waals surface area contributed by atoms with Gasteiger partial charge in [0.25, 0.3) is 0 Å². The van der Waals surface area contributed by atoms with Crippen LogP contribution in [0.5, 0.6) is 5.75 Å². The van der Waals surface area contributed by atoms with Crippen LogP contribution >= 0.6 is 0 Å². The van der Waals surface area contributed by atoms with Gasteiger partial charge in [0.1, 0.15) is 12.3 Å². The van der Waals surface area contributed by atoms with Crippen LogP contribution in [0.2, 0.25) is 0 Å². The summed E-state index contributed by atoms with van der Waals surface area (Å²) in [5.41, 5.74) is 4.74. The van der Waals surface area contributed by atoms with Gasteiger partial charge < -0.3 is 10.1 Å². The van der Waals surface area contributed by atoms with E-state index in [1.807, 2.05) is 62.4 Å². The molecule has 0 saturated heterocycles. The highest BCUT2D eigenvalue weighted by atomic mass is 16.5. The molecule has 1 atom stereocenters. The van der Waals surface area contributed by atoms with Gasteiger partial charge in [-0.25, -0.2) is 9.67 Å². The largest absolute Gasteiger partial charge is 0.497 e. The number of nitrogens with one attached hydrogen (secondary N) is 1. The first-order valence-corrected chi connectivity index (χ1v) is 9.87. The molecule has 0 radical (unpaired) electrons. The predicted molar refractivity (Wildman–Crippen MR) is 117 cm³/mol. The molecule has 0 spiro atoms. The van der Waals surface area contributed by atoms with Crippen molar-refractivity contribution in [3.05, 3.63) is 78.1 Å². The number of aromatic nitrogens is 3. The van der Waals surface area contributed by atoms with Gasteiger partial charge in [0.05, 0.1) is 18.8 Å². The smallest absolute Gasteiger partial charge is 0.242 e. The third kappa shape index (κ3) is 3.89. The Hall–Kier alpha value is -3.67. The fourth-order valence-electron chi connectivity index (χ4n) is 3.65. The van der Waals surface area contributed by atoms with Crippen molar-refractivity contribution in [3.8, 4) is 16.9 Å². The molecule has 0 bridgehead atoms. The molecule has 2 aromatic heterocycles. The van der Waals surface area contributed by atoms with Crippen molar-refractivity contribution in [2.45, 2.75) is 26.4 Å². The second-order valence-corrected chi connectivity index (χ2v) is 7.23. The third-order valence-corrected chi connectivity index (χ3v) is 5.18. The van der Waals surface area contributed by atoms with E-state index in [1.165, 1.54) is 0 Å². The molecule has 0 fully saturated rings. The summed E-state index contributed by atoms with van der Waals surface area (Å²) in [6.07, 6.45) is 1.76. The van der Waals surface area contributed by atoms with E-state index in [4.69, 9.17) is 4.74 Å². The number of rotatable bonds is 6. The zero-order valence-corrected chi connectivity index (χ0v) is 17.3. The van der Waals surface area contributed by atoms with Gasteiger partial charge in [-0.3, -0.25) is 4.79 Å². The first kappa shape index (κ1) is 19.6. The average molecular weight is 400 g/mol. The van der Waals surface area contributed by atoms with Crippen LogP contribution in [0.1, 0.15) is 24.2 Å². The summed E-state index contributed by atoms with van der Waals surface area (Å²) in [5, 5.41) is 8.60. The molecule has 6 nitrogen and oxygen atoms in total. The van der Waals surface area contributed by atoms with E-state index in [-0.39, 0.29) is 18.5 Å². The monoisotopic (exact) mass is 400 g/mol. The molecule has 4 rings (SSSR count). The van der Waals surface area contributed by atoms with Crippen molar-refractivity contribution in [1.82, 2.24) is 20.1 Å². The summed E-state index contributed by atoms with van der Waals surface area (Å²) in [6, 6.07) is 19.7. The minimum absolute atomic E-state index is 0.107. The zero-order valence-electron chi connectivity index (χ0n) is 17.3. The molecule has 1 N–H and O–H groups in total. The molecule has 0 aliphatic rings. The van der Waals surface area contributed by atoms with E-state index in [1.54, 1.807) is 18.0 Å².